The number of ether oxygens (including phenoxy) is 1. The van der Waals surface area contributed by atoms with Crippen LogP contribution in [0.4, 0.5) is 0 Å². The molecule has 3 rings (SSSR count). The molecule has 33 heavy (non-hydrogen) atoms. The molecule has 0 radical (unpaired) electrons. The van der Waals surface area contributed by atoms with Crippen molar-refractivity contribution in [2.45, 2.75) is 29.6 Å². The predicted octanol–water partition coefficient (Wildman–Crippen LogP) is 2.46. The van der Waals surface area contributed by atoms with Gasteiger partial charge >= 0.3 is 10.1 Å². The Morgan fingerprint density at radius 2 is 1.70 bits per heavy atom. The van der Waals surface area contributed by atoms with Gasteiger partial charge in [0.2, 0.25) is 5.96 Å². The largest absolute Gasteiger partial charge is 0.471 e. The highest BCUT2D eigenvalue weighted by molar-refractivity contribution is 7.92. The highest BCUT2D eigenvalue weighted by atomic mass is 35.5. The van der Waals surface area contributed by atoms with E-state index in [0.29, 0.717) is 18.1 Å². The maximum Gasteiger partial charge on any atom is 0.340 e. The molecule has 3 N–H and O–H groups in total. The second-order valence-corrected chi connectivity index (χ2v) is 11.0. The van der Waals surface area contributed by atoms with Gasteiger partial charge in [0, 0.05) is 12.3 Å². The van der Waals surface area contributed by atoms with E-state index in [4.69, 9.17) is 24.9 Å². The Morgan fingerprint density at radius 3 is 2.27 bits per heavy atom. The average molecular weight is 520 g/mol. The molecule has 182 valence electrons. The van der Waals surface area contributed by atoms with Crippen molar-refractivity contribution < 1.29 is 30.6 Å². The monoisotopic (exact) mass is 519 g/mol. The highest BCUT2D eigenvalue weighted by Crippen LogP contribution is 2.30. The maximum absolute atomic E-state index is 12.8. The molecule has 0 spiro atoms. The van der Waals surface area contributed by atoms with Gasteiger partial charge in [0.15, 0.2) is 16.6 Å². The number of hydrogen-bond acceptors (Lipinski definition) is 8. The number of benzene rings is 2. The second-order valence-electron chi connectivity index (χ2n) is 7.51. The minimum atomic E-state index is -4.44. The van der Waals surface area contributed by atoms with Crippen LogP contribution in [0.25, 0.3) is 0 Å². The summed E-state index contributed by atoms with van der Waals surface area (Å²) in [7, 11) is -8.23. The molecule has 0 aliphatic heterocycles. The molecule has 1 aliphatic carbocycles. The summed E-state index contributed by atoms with van der Waals surface area (Å²) >= 11 is 0. The summed E-state index contributed by atoms with van der Waals surface area (Å²) in [5, 5.41) is 8.69. The van der Waals surface area contributed by atoms with Crippen molar-refractivity contribution >= 4 is 38.3 Å². The first-order valence-corrected chi connectivity index (χ1v) is 13.0. The zero-order valence-electron chi connectivity index (χ0n) is 18.1. The number of hydroxylamine groups is 2. The van der Waals surface area contributed by atoms with Crippen LogP contribution in [0.3, 0.4) is 0 Å². The van der Waals surface area contributed by atoms with Crippen LogP contribution in [0.5, 0.6) is 11.5 Å². The summed E-state index contributed by atoms with van der Waals surface area (Å²) in [6.45, 7) is 1.96. The van der Waals surface area contributed by atoms with Crippen molar-refractivity contribution in [2.75, 3.05) is 19.6 Å². The van der Waals surface area contributed by atoms with Crippen LogP contribution in [-0.4, -0.2) is 47.5 Å². The van der Waals surface area contributed by atoms with Crippen molar-refractivity contribution in [3.8, 4) is 11.5 Å². The fourth-order valence-electron chi connectivity index (χ4n) is 2.77. The van der Waals surface area contributed by atoms with Crippen molar-refractivity contribution in [3.63, 3.8) is 0 Å². The fraction of sp³-hybridized carbons (Fsp3) is 0.350. The van der Waals surface area contributed by atoms with E-state index in [9.17, 15) is 16.8 Å². The summed E-state index contributed by atoms with van der Waals surface area (Å²) in [6, 6.07) is 9.67. The van der Waals surface area contributed by atoms with Gasteiger partial charge in [-0.3, -0.25) is 10.2 Å². The van der Waals surface area contributed by atoms with Crippen LogP contribution in [0.15, 0.2) is 52.3 Å². The molecule has 10 nitrogen and oxygen atoms in total. The zero-order chi connectivity index (χ0) is 23.5. The van der Waals surface area contributed by atoms with E-state index in [2.05, 4.69) is 0 Å². The van der Waals surface area contributed by atoms with E-state index in [1.54, 1.807) is 13.0 Å². The van der Waals surface area contributed by atoms with Gasteiger partial charge < -0.3 is 14.7 Å². The van der Waals surface area contributed by atoms with E-state index in [0.717, 1.165) is 24.2 Å². The van der Waals surface area contributed by atoms with E-state index in [1.165, 1.54) is 36.4 Å². The van der Waals surface area contributed by atoms with E-state index < -0.39 is 24.9 Å². The lowest BCUT2D eigenvalue weighted by Gasteiger charge is -2.22. The molecule has 0 saturated heterocycles. The molecule has 2 aromatic rings. The third-order valence-electron chi connectivity index (χ3n) is 4.53. The van der Waals surface area contributed by atoms with Gasteiger partial charge in [0.05, 0.1) is 11.5 Å². The summed E-state index contributed by atoms with van der Waals surface area (Å²) in [4.78, 5) is 4.66. The molecule has 0 aromatic heterocycles. The normalized spacial score (nSPS) is 13.6. The quantitative estimate of drug-likeness (QED) is 0.159. The molecule has 0 bridgehead atoms. The first kappa shape index (κ1) is 26.7. The van der Waals surface area contributed by atoms with Crippen molar-refractivity contribution in [1.29, 1.82) is 5.41 Å². The third-order valence-corrected chi connectivity index (χ3v) is 7.12. The van der Waals surface area contributed by atoms with E-state index in [-0.39, 0.29) is 41.5 Å². The standard InChI is InChI=1S/C20H25N3O7S2.ClH/c1-14-9-16(28-13-23(20(21)22)29-12-15-7-8-15)11-17(10-14)30-32(26,27)19-6-4-3-5-18(19)31(2,24)25;/h3-6,9-11,15H,7-8,12-13H2,1-2H3,(H3,21,22);1H. The minimum absolute atomic E-state index is 0. The van der Waals surface area contributed by atoms with E-state index >= 15 is 0 Å². The van der Waals surface area contributed by atoms with Crippen LogP contribution in [0, 0.1) is 18.3 Å². The van der Waals surface area contributed by atoms with Gasteiger partial charge in [-0.2, -0.15) is 13.5 Å². The smallest absolute Gasteiger partial charge is 0.340 e. The maximum atomic E-state index is 12.8. The Labute approximate surface area is 199 Å². The molecule has 1 aliphatic rings. The van der Waals surface area contributed by atoms with Gasteiger partial charge in [-0.1, -0.05) is 12.1 Å². The van der Waals surface area contributed by atoms with Crippen LogP contribution >= 0.6 is 12.4 Å². The Balaban J connectivity index is 0.00000385. The fourth-order valence-corrected chi connectivity index (χ4v) is 5.29. The van der Waals surface area contributed by atoms with Crippen LogP contribution in [0.1, 0.15) is 18.4 Å². The lowest BCUT2D eigenvalue weighted by atomic mass is 10.2. The molecular weight excluding hydrogens is 494 g/mol. The van der Waals surface area contributed by atoms with Gasteiger partial charge in [-0.25, -0.2) is 8.42 Å². The first-order valence-electron chi connectivity index (χ1n) is 9.68. The zero-order valence-corrected chi connectivity index (χ0v) is 20.5. The number of nitrogens with zero attached hydrogens (tertiary/aromatic N) is 1. The summed E-state index contributed by atoms with van der Waals surface area (Å²) in [5.74, 6) is 0.329. The number of halogens is 1. The Bertz CT molecular complexity index is 1220. The molecule has 0 unspecified atom stereocenters. The van der Waals surface area contributed by atoms with Crippen LogP contribution in [0.2, 0.25) is 0 Å². The Hall–Kier alpha value is -2.54. The predicted molar refractivity (Wildman–Crippen MR) is 124 cm³/mol. The molecule has 13 heteroatoms. The minimum Gasteiger partial charge on any atom is -0.471 e. The molecule has 1 saturated carbocycles. The number of nitrogens with one attached hydrogen (secondary N) is 1. The van der Waals surface area contributed by atoms with Gasteiger partial charge in [-0.15, -0.1) is 12.4 Å². The number of guanidine groups is 1. The van der Waals surface area contributed by atoms with E-state index in [1.807, 2.05) is 0 Å². The number of rotatable bonds is 10. The topological polar surface area (TPSA) is 149 Å². The number of nitrogens with two attached hydrogens (primary N) is 1. The molecule has 0 amide bonds. The van der Waals surface area contributed by atoms with Crippen LogP contribution in [-0.2, 0) is 24.8 Å². The molecule has 0 heterocycles. The summed E-state index contributed by atoms with van der Waals surface area (Å²) in [6.07, 6.45) is 3.07. The number of sulfone groups is 1. The van der Waals surface area contributed by atoms with Gasteiger partial charge in [0.25, 0.3) is 0 Å². The third kappa shape index (κ3) is 7.49. The van der Waals surface area contributed by atoms with Crippen LogP contribution < -0.4 is 14.7 Å². The van der Waals surface area contributed by atoms with Crippen molar-refractivity contribution in [3.05, 3.63) is 48.0 Å². The SMILES string of the molecule is Cc1cc(OCN(OCC2CC2)C(=N)N)cc(OS(=O)(=O)c2ccccc2S(C)(=O)=O)c1.Cl. The lowest BCUT2D eigenvalue weighted by Crippen LogP contribution is -2.39. The van der Waals surface area contributed by atoms with Gasteiger partial charge in [0.1, 0.15) is 16.4 Å². The summed E-state index contributed by atoms with van der Waals surface area (Å²) < 4.78 is 60.4. The van der Waals surface area contributed by atoms with Crippen molar-refractivity contribution in [2.24, 2.45) is 11.7 Å². The average Bonchev–Trinajstić information content (AvgIpc) is 3.50. The molecule has 0 atom stereocenters. The molecule has 1 fully saturated rings. The number of aryl methyl sites for hydroxylation is 1. The lowest BCUT2D eigenvalue weighted by molar-refractivity contribution is -0.139. The van der Waals surface area contributed by atoms with Gasteiger partial charge in [-0.05, 0) is 55.5 Å². The molecular formula is C20H26ClN3O7S2. The Kier molecular flexibility index (Phi) is 8.57. The first-order chi connectivity index (χ1) is 15.0. The number of hydrogen-bond donors (Lipinski definition) is 2. The molecule has 2 aromatic carbocycles. The highest BCUT2D eigenvalue weighted by Gasteiger charge is 2.26. The summed E-state index contributed by atoms with van der Waals surface area (Å²) in [5.41, 5.74) is 6.15. The van der Waals surface area contributed by atoms with Crippen molar-refractivity contribution in [1.82, 2.24) is 5.06 Å². The second kappa shape index (κ2) is 10.6. The Morgan fingerprint density at radius 1 is 1.09 bits per heavy atom.